The maximum atomic E-state index is 13.1. The molecule has 0 bridgehead atoms. The van der Waals surface area contributed by atoms with Crippen LogP contribution in [0, 0.1) is 6.92 Å². The molecule has 4 rings (SSSR count). The van der Waals surface area contributed by atoms with E-state index in [2.05, 4.69) is 15.3 Å². The average molecular weight is 656 g/mol. The number of aliphatic hydroxyl groups is 1. The topological polar surface area (TPSA) is 261 Å². The van der Waals surface area contributed by atoms with Crippen molar-refractivity contribution in [3.63, 3.8) is 0 Å². The van der Waals surface area contributed by atoms with Crippen LogP contribution in [-0.2, 0) is 48.0 Å². The number of carbonyl (C=O) groups is 4. The number of nitrogens with two attached hydrogens (primary N) is 2. The zero-order chi connectivity index (χ0) is 34.1. The minimum absolute atomic E-state index is 0.0135. The van der Waals surface area contributed by atoms with Crippen molar-refractivity contribution in [1.82, 2.24) is 10.3 Å². The number of carbonyl (C=O) groups excluding carboxylic acids is 4. The Morgan fingerprint density at radius 3 is 2.45 bits per heavy atom. The molecule has 1 aliphatic heterocycles. The molecule has 3 heterocycles. The van der Waals surface area contributed by atoms with E-state index in [1.165, 1.54) is 13.8 Å². The number of allylic oxidation sites excluding steroid dienone is 1. The zero-order valence-electron chi connectivity index (χ0n) is 25.4. The lowest BCUT2D eigenvalue weighted by Gasteiger charge is -2.17. The Morgan fingerprint density at radius 1 is 1.09 bits per heavy atom. The number of nitrogens with one attached hydrogen (secondary N) is 2. The minimum atomic E-state index is -1.49. The molecule has 0 radical (unpaired) electrons. The van der Waals surface area contributed by atoms with Gasteiger partial charge in [-0.1, -0.05) is 12.1 Å². The van der Waals surface area contributed by atoms with Crippen molar-refractivity contribution in [3.05, 3.63) is 86.4 Å². The second-order valence-corrected chi connectivity index (χ2v) is 10.2. The van der Waals surface area contributed by atoms with Gasteiger partial charge in [0.2, 0.25) is 0 Å². The van der Waals surface area contributed by atoms with Crippen LogP contribution in [0.25, 0.3) is 0 Å². The highest BCUT2D eigenvalue weighted by Gasteiger charge is 2.27. The van der Waals surface area contributed by atoms with E-state index in [0.717, 1.165) is 5.56 Å². The molecule has 0 aliphatic carbocycles. The van der Waals surface area contributed by atoms with Crippen LogP contribution in [0.2, 0.25) is 0 Å². The van der Waals surface area contributed by atoms with Crippen molar-refractivity contribution in [3.8, 4) is 0 Å². The van der Waals surface area contributed by atoms with Gasteiger partial charge in [0.1, 0.15) is 17.6 Å². The number of aromatic amines is 1. The molecule has 7 N–H and O–H groups in total. The van der Waals surface area contributed by atoms with Gasteiger partial charge in [-0.2, -0.15) is 4.99 Å². The van der Waals surface area contributed by atoms with E-state index in [0.29, 0.717) is 30.3 Å². The molecule has 1 aliphatic rings. The molecule has 250 valence electrons. The standard InChI is InChI=1S/C30H33N5O12/c1-15-22(46-29(40)44-15)13-42-24(37)10-9-21(27(39)43-14-23-16(2)45-30(41)47-23)34-26(38)18-6-3-17(4-7-18)5-8-19-11-33-25(20(19)12-36)35-28(31)32/h3-4,6-7,11-12,21,29,33,40H,5,8-10,13-14H2,1-2H3,(H,34,38)(H4,31,32,35)/t21-,29?/m0/s1. The van der Waals surface area contributed by atoms with Gasteiger partial charge < -0.3 is 54.7 Å². The van der Waals surface area contributed by atoms with Crippen LogP contribution in [0.1, 0.15) is 63.1 Å². The zero-order valence-corrected chi connectivity index (χ0v) is 25.4. The number of ether oxygens (including phenoxy) is 4. The lowest BCUT2D eigenvalue weighted by molar-refractivity contribution is -0.195. The van der Waals surface area contributed by atoms with Gasteiger partial charge in [0.25, 0.3) is 5.91 Å². The summed E-state index contributed by atoms with van der Waals surface area (Å²) >= 11 is 0. The molecule has 17 heteroatoms. The van der Waals surface area contributed by atoms with E-state index in [9.17, 15) is 29.1 Å². The Morgan fingerprint density at radius 2 is 1.83 bits per heavy atom. The predicted molar refractivity (Wildman–Crippen MR) is 160 cm³/mol. The second-order valence-electron chi connectivity index (χ2n) is 10.2. The van der Waals surface area contributed by atoms with Gasteiger partial charge in [0.15, 0.2) is 42.7 Å². The first kappa shape index (κ1) is 34.0. The molecular formula is C30H33N5O12. The van der Waals surface area contributed by atoms with Gasteiger partial charge in [-0.3, -0.25) is 14.4 Å². The summed E-state index contributed by atoms with van der Waals surface area (Å²) in [6, 6.07) is 5.26. The number of H-pyrrole nitrogens is 1. The number of esters is 2. The summed E-state index contributed by atoms with van der Waals surface area (Å²) in [5.74, 6) is -2.67. The molecule has 0 saturated heterocycles. The van der Waals surface area contributed by atoms with E-state index in [1.54, 1.807) is 30.5 Å². The van der Waals surface area contributed by atoms with Gasteiger partial charge in [0, 0.05) is 18.2 Å². The predicted octanol–water partition coefficient (Wildman–Crippen LogP) is 1.09. The summed E-state index contributed by atoms with van der Waals surface area (Å²) in [6.07, 6.45) is 2.80. The van der Waals surface area contributed by atoms with Crippen LogP contribution in [0.4, 0.5) is 5.82 Å². The number of rotatable bonds is 15. The largest absolute Gasteiger partial charge is 0.519 e. The Bertz CT molecular complexity index is 1730. The van der Waals surface area contributed by atoms with Crippen LogP contribution in [0.3, 0.4) is 0 Å². The molecule has 0 spiro atoms. The Balaban J connectivity index is 1.37. The number of nitrogens with zero attached hydrogens (tertiary/aromatic N) is 1. The highest BCUT2D eigenvalue weighted by Crippen LogP contribution is 2.22. The van der Waals surface area contributed by atoms with Crippen molar-refractivity contribution in [2.45, 2.75) is 58.7 Å². The van der Waals surface area contributed by atoms with E-state index in [-0.39, 0.29) is 59.8 Å². The van der Waals surface area contributed by atoms with Crippen LogP contribution in [0.15, 0.2) is 60.6 Å². The fourth-order valence-corrected chi connectivity index (χ4v) is 4.42. The van der Waals surface area contributed by atoms with E-state index in [1.807, 2.05) is 0 Å². The average Bonchev–Trinajstić information content (AvgIpc) is 3.68. The van der Waals surface area contributed by atoms with Gasteiger partial charge >= 0.3 is 24.2 Å². The number of aliphatic imine (C=N–C) groups is 1. The van der Waals surface area contributed by atoms with Crippen molar-refractivity contribution in [1.29, 1.82) is 0 Å². The Hall–Kier alpha value is -5.84. The number of aliphatic hydroxyl groups excluding tert-OH is 1. The van der Waals surface area contributed by atoms with Crippen molar-refractivity contribution in [2.24, 2.45) is 16.5 Å². The molecule has 3 aromatic rings. The number of hydrogen-bond acceptors (Lipinski definition) is 13. The first-order chi connectivity index (χ1) is 22.4. The molecule has 0 saturated carbocycles. The van der Waals surface area contributed by atoms with Gasteiger partial charge in [-0.15, -0.1) is 0 Å². The molecule has 2 aromatic heterocycles. The summed E-state index contributed by atoms with van der Waals surface area (Å²) in [5, 5.41) is 11.9. The number of guanidine groups is 1. The number of aromatic nitrogens is 1. The van der Waals surface area contributed by atoms with E-state index < -0.39 is 42.8 Å². The smallest absolute Gasteiger partial charge is 0.457 e. The quantitative estimate of drug-likeness (QED) is 0.0664. The first-order valence-electron chi connectivity index (χ1n) is 14.2. The molecule has 1 amide bonds. The van der Waals surface area contributed by atoms with Gasteiger partial charge in [0.05, 0.1) is 5.56 Å². The maximum absolute atomic E-state index is 13.1. The lowest BCUT2D eigenvalue weighted by atomic mass is 10.0. The molecule has 1 aromatic carbocycles. The van der Waals surface area contributed by atoms with E-state index in [4.69, 9.17) is 39.2 Å². The summed E-state index contributed by atoms with van der Waals surface area (Å²) in [5.41, 5.74) is 12.9. The monoisotopic (exact) mass is 655 g/mol. The molecule has 47 heavy (non-hydrogen) atoms. The summed E-state index contributed by atoms with van der Waals surface area (Å²) < 4.78 is 29.9. The van der Waals surface area contributed by atoms with Crippen LogP contribution >= 0.6 is 0 Å². The SMILES string of the molecule is CC1=C(COC(=O)CC[C@H](NC(=O)c2ccc(CCc3c[nH]c(N=C(N)N)c3C=O)cc2)C(=O)OCc2oc(=O)oc2C)OC(O)O1. The van der Waals surface area contributed by atoms with Crippen molar-refractivity contribution in [2.75, 3.05) is 6.61 Å². The fraction of sp³-hybridized carbons (Fsp3) is 0.333. The number of hydrogen-bond donors (Lipinski definition) is 5. The molecule has 1 unspecified atom stereocenters. The van der Waals surface area contributed by atoms with Crippen LogP contribution in [0.5, 0.6) is 0 Å². The number of aryl methyl sites for hydroxylation is 3. The fourth-order valence-electron chi connectivity index (χ4n) is 4.42. The van der Waals surface area contributed by atoms with E-state index >= 15 is 0 Å². The molecule has 17 nitrogen and oxygen atoms in total. The second kappa shape index (κ2) is 15.4. The molecular weight excluding hydrogens is 622 g/mol. The van der Waals surface area contributed by atoms with Crippen molar-refractivity contribution >= 4 is 35.9 Å². The highest BCUT2D eigenvalue weighted by atomic mass is 16.8. The normalized spacial score (nSPS) is 14.5. The van der Waals surface area contributed by atoms with Gasteiger partial charge in [-0.25, -0.2) is 9.59 Å². The third-order valence-electron chi connectivity index (χ3n) is 6.93. The summed E-state index contributed by atoms with van der Waals surface area (Å²) in [4.78, 5) is 68.2. The third-order valence-corrected chi connectivity index (χ3v) is 6.93. The lowest BCUT2D eigenvalue weighted by Crippen LogP contribution is -2.42. The van der Waals surface area contributed by atoms with Gasteiger partial charge in [-0.05, 0) is 56.4 Å². The maximum Gasteiger partial charge on any atom is 0.519 e. The number of aldehydes is 1. The Labute approximate surface area is 266 Å². The first-order valence-corrected chi connectivity index (χ1v) is 14.2. The Kier molecular flexibility index (Phi) is 11.2. The molecule has 2 atom stereocenters. The number of benzene rings is 1. The third kappa shape index (κ3) is 9.33. The minimum Gasteiger partial charge on any atom is -0.457 e. The van der Waals surface area contributed by atoms with Crippen LogP contribution in [-0.4, -0.2) is 59.3 Å². The molecule has 0 fully saturated rings. The summed E-state index contributed by atoms with van der Waals surface area (Å²) in [6.45, 7) is 0.720. The summed E-state index contributed by atoms with van der Waals surface area (Å²) in [7, 11) is 0. The number of amides is 1. The highest BCUT2D eigenvalue weighted by molar-refractivity contribution is 5.97. The van der Waals surface area contributed by atoms with Crippen molar-refractivity contribution < 1.29 is 52.1 Å². The van der Waals surface area contributed by atoms with Crippen LogP contribution < -0.4 is 22.6 Å².